The van der Waals surface area contributed by atoms with Crippen molar-refractivity contribution in [1.82, 2.24) is 0 Å². The molecule has 5 nitrogen and oxygen atoms in total. The maximum absolute atomic E-state index is 12.3. The predicted molar refractivity (Wildman–Crippen MR) is 99.4 cm³/mol. The quantitative estimate of drug-likeness (QED) is 0.466. The summed E-state index contributed by atoms with van der Waals surface area (Å²) in [6, 6.07) is 12.3. The Kier molecular flexibility index (Phi) is 5.19. The second-order valence-corrected chi connectivity index (χ2v) is 6.87. The third-order valence-corrected chi connectivity index (χ3v) is 4.04. The highest BCUT2D eigenvalue weighted by Gasteiger charge is 2.12. The molecule has 2 aromatic rings. The molecular weight excluding hydrogens is 386 g/mol. The van der Waals surface area contributed by atoms with Crippen molar-refractivity contribution in [3.05, 3.63) is 59.7 Å². The summed E-state index contributed by atoms with van der Waals surface area (Å²) in [5, 5.41) is 2.75. The molecule has 0 bridgehead atoms. The lowest BCUT2D eigenvalue weighted by Gasteiger charge is -2.06. The number of anilines is 1. The largest absolute Gasteiger partial charge is 0.454 e. The molecule has 1 aliphatic rings. The van der Waals surface area contributed by atoms with E-state index in [0.29, 0.717) is 22.7 Å². The summed E-state index contributed by atoms with van der Waals surface area (Å²) in [4.78, 5) is 23.6. The van der Waals surface area contributed by atoms with Gasteiger partial charge in [0, 0.05) is 11.3 Å². The Labute approximate surface area is 153 Å². The molecule has 0 saturated carbocycles. The van der Waals surface area contributed by atoms with E-state index in [1.807, 2.05) is 18.2 Å². The summed E-state index contributed by atoms with van der Waals surface area (Å²) >= 11 is 3.20. The van der Waals surface area contributed by atoms with Gasteiger partial charge in [-0.05, 0) is 55.0 Å². The zero-order chi connectivity index (χ0) is 17.8. The minimum atomic E-state index is -0.279. The topological polar surface area (TPSA) is 64.6 Å². The van der Waals surface area contributed by atoms with Gasteiger partial charge in [-0.15, -0.1) is 0 Å². The number of ether oxygens (including phenoxy) is 2. The predicted octanol–water partition coefficient (Wildman–Crippen LogP) is 4.03. The molecule has 1 amide bonds. The standard InChI is InChI=1S/C19H16BrNO4/c1-12(20)19(23)21-15-6-4-14(5-7-15)16(22)8-2-13-3-9-17-18(10-13)25-11-24-17/h2-10,12H,11H2,1H3,(H,21,23)/b8-2+. The summed E-state index contributed by atoms with van der Waals surface area (Å²) in [5.41, 5.74) is 2.04. The van der Waals surface area contributed by atoms with Crippen LogP contribution in [-0.4, -0.2) is 23.3 Å². The number of carbonyl (C=O) groups excluding carboxylic acids is 2. The van der Waals surface area contributed by atoms with Crippen LogP contribution >= 0.6 is 15.9 Å². The van der Waals surface area contributed by atoms with E-state index in [1.165, 1.54) is 6.08 Å². The molecule has 128 valence electrons. The van der Waals surface area contributed by atoms with E-state index in [2.05, 4.69) is 21.2 Å². The van der Waals surface area contributed by atoms with Gasteiger partial charge in [0.25, 0.3) is 0 Å². The van der Waals surface area contributed by atoms with Gasteiger partial charge >= 0.3 is 0 Å². The summed E-state index contributed by atoms with van der Waals surface area (Å²) in [6.45, 7) is 1.96. The normalized spacial score (nSPS) is 13.7. The Morgan fingerprint density at radius 3 is 2.56 bits per heavy atom. The highest BCUT2D eigenvalue weighted by atomic mass is 79.9. The van der Waals surface area contributed by atoms with Crippen LogP contribution in [0.15, 0.2) is 48.5 Å². The lowest BCUT2D eigenvalue weighted by molar-refractivity contribution is -0.115. The molecule has 1 aliphatic heterocycles. The molecule has 2 aromatic carbocycles. The number of hydrogen-bond acceptors (Lipinski definition) is 4. The minimum Gasteiger partial charge on any atom is -0.454 e. The fourth-order valence-corrected chi connectivity index (χ4v) is 2.36. The van der Waals surface area contributed by atoms with E-state index in [4.69, 9.17) is 9.47 Å². The average Bonchev–Trinajstić information content (AvgIpc) is 3.08. The molecule has 0 aliphatic carbocycles. The molecule has 1 atom stereocenters. The number of benzene rings is 2. The number of carbonyl (C=O) groups is 2. The highest BCUT2D eigenvalue weighted by Crippen LogP contribution is 2.32. The molecule has 1 unspecified atom stereocenters. The fraction of sp³-hybridized carbons (Fsp3) is 0.158. The van der Waals surface area contributed by atoms with Gasteiger partial charge in [0.2, 0.25) is 12.7 Å². The van der Waals surface area contributed by atoms with Gasteiger partial charge in [0.05, 0.1) is 4.83 Å². The van der Waals surface area contributed by atoms with Gasteiger partial charge in [-0.25, -0.2) is 0 Å². The minimum absolute atomic E-state index is 0.121. The Morgan fingerprint density at radius 1 is 1.12 bits per heavy atom. The number of amides is 1. The van der Waals surface area contributed by atoms with Gasteiger partial charge in [-0.1, -0.05) is 28.1 Å². The second-order valence-electron chi connectivity index (χ2n) is 5.49. The lowest BCUT2D eigenvalue weighted by atomic mass is 10.1. The van der Waals surface area contributed by atoms with E-state index in [1.54, 1.807) is 37.3 Å². The molecule has 0 radical (unpaired) electrons. The first-order valence-electron chi connectivity index (χ1n) is 7.70. The van der Waals surface area contributed by atoms with E-state index < -0.39 is 0 Å². The van der Waals surface area contributed by atoms with Crippen LogP contribution in [0.4, 0.5) is 5.69 Å². The number of rotatable bonds is 5. The number of allylic oxidation sites excluding steroid dienone is 1. The van der Waals surface area contributed by atoms with Crippen molar-refractivity contribution in [1.29, 1.82) is 0 Å². The maximum atomic E-state index is 12.3. The van der Waals surface area contributed by atoms with Crippen molar-refractivity contribution in [2.45, 2.75) is 11.8 Å². The molecule has 6 heteroatoms. The summed E-state index contributed by atoms with van der Waals surface area (Å²) < 4.78 is 10.6. The molecule has 0 saturated heterocycles. The number of halogens is 1. The first-order valence-corrected chi connectivity index (χ1v) is 8.61. The van der Waals surface area contributed by atoms with E-state index in [0.717, 1.165) is 5.56 Å². The lowest BCUT2D eigenvalue weighted by Crippen LogP contribution is -2.19. The van der Waals surface area contributed by atoms with Gasteiger partial charge in [-0.3, -0.25) is 9.59 Å². The molecule has 25 heavy (non-hydrogen) atoms. The SMILES string of the molecule is CC(Br)C(=O)Nc1ccc(C(=O)/C=C/c2ccc3c(c2)OCO3)cc1. The maximum Gasteiger partial charge on any atom is 0.237 e. The van der Waals surface area contributed by atoms with Crippen LogP contribution in [0.1, 0.15) is 22.8 Å². The fourth-order valence-electron chi connectivity index (χ4n) is 2.24. The summed E-state index contributed by atoms with van der Waals surface area (Å²) in [6.07, 6.45) is 3.23. The molecule has 0 spiro atoms. The van der Waals surface area contributed by atoms with Crippen molar-refractivity contribution in [3.8, 4) is 11.5 Å². The van der Waals surface area contributed by atoms with E-state index >= 15 is 0 Å². The van der Waals surface area contributed by atoms with Crippen LogP contribution in [0.25, 0.3) is 6.08 Å². The van der Waals surface area contributed by atoms with E-state index in [9.17, 15) is 9.59 Å². The average molecular weight is 402 g/mol. The van der Waals surface area contributed by atoms with Gasteiger partial charge in [-0.2, -0.15) is 0 Å². The first kappa shape index (κ1) is 17.2. The number of fused-ring (bicyclic) bond motifs is 1. The van der Waals surface area contributed by atoms with Gasteiger partial charge < -0.3 is 14.8 Å². The molecule has 1 heterocycles. The van der Waals surface area contributed by atoms with Crippen molar-refractivity contribution in [2.24, 2.45) is 0 Å². The smallest absolute Gasteiger partial charge is 0.237 e. The van der Waals surface area contributed by atoms with Crippen LogP contribution in [0.5, 0.6) is 11.5 Å². The molecule has 0 fully saturated rings. The highest BCUT2D eigenvalue weighted by molar-refractivity contribution is 9.10. The van der Waals surface area contributed by atoms with Gasteiger partial charge in [0.15, 0.2) is 17.3 Å². The van der Waals surface area contributed by atoms with Crippen LogP contribution < -0.4 is 14.8 Å². The molecule has 0 aromatic heterocycles. The van der Waals surface area contributed by atoms with Gasteiger partial charge in [0.1, 0.15) is 0 Å². The molecule has 1 N–H and O–H groups in total. The Balaban J connectivity index is 1.65. The van der Waals surface area contributed by atoms with Crippen molar-refractivity contribution in [2.75, 3.05) is 12.1 Å². The third-order valence-electron chi connectivity index (χ3n) is 3.62. The molecular formula is C19H16BrNO4. The van der Waals surface area contributed by atoms with E-state index in [-0.39, 0.29) is 23.3 Å². The Bertz CT molecular complexity index is 828. The number of hydrogen-bond donors (Lipinski definition) is 1. The van der Waals surface area contributed by atoms with Crippen LogP contribution in [0.3, 0.4) is 0 Å². The zero-order valence-electron chi connectivity index (χ0n) is 13.5. The first-order chi connectivity index (χ1) is 12.0. The van der Waals surface area contributed by atoms with Crippen molar-refractivity contribution in [3.63, 3.8) is 0 Å². The number of alkyl halides is 1. The monoisotopic (exact) mass is 401 g/mol. The zero-order valence-corrected chi connectivity index (χ0v) is 15.1. The van der Waals surface area contributed by atoms with Crippen molar-refractivity contribution < 1.29 is 19.1 Å². The van der Waals surface area contributed by atoms with Crippen LogP contribution in [0, 0.1) is 0 Å². The second kappa shape index (κ2) is 7.53. The van der Waals surface area contributed by atoms with Crippen LogP contribution in [-0.2, 0) is 4.79 Å². The van der Waals surface area contributed by atoms with Crippen LogP contribution in [0.2, 0.25) is 0 Å². The number of nitrogens with one attached hydrogen (secondary N) is 1. The number of ketones is 1. The molecule has 3 rings (SSSR count). The summed E-state index contributed by atoms with van der Waals surface area (Å²) in [7, 11) is 0. The Hall–Kier alpha value is -2.60. The van der Waals surface area contributed by atoms with Crippen molar-refractivity contribution >= 4 is 39.4 Å². The summed E-state index contributed by atoms with van der Waals surface area (Å²) in [5.74, 6) is 1.13. The third kappa shape index (κ3) is 4.28. The Morgan fingerprint density at radius 2 is 1.84 bits per heavy atom.